The molecule has 0 aromatic heterocycles. The molecule has 0 saturated heterocycles. The van der Waals surface area contributed by atoms with Crippen LogP contribution in [0.4, 0.5) is 0 Å². The third kappa shape index (κ3) is 11.8. The molecule has 0 aliphatic heterocycles. The van der Waals surface area contributed by atoms with Gasteiger partial charge in [-0.3, -0.25) is 6.08 Å². The van der Waals surface area contributed by atoms with Gasteiger partial charge in [-0.15, -0.1) is 6.42 Å². The summed E-state index contributed by atoms with van der Waals surface area (Å²) in [6.45, 7) is 0. The van der Waals surface area contributed by atoms with Gasteiger partial charge in [0.25, 0.3) is 0 Å². The maximum atomic E-state index is 10.3. The van der Waals surface area contributed by atoms with Crippen molar-refractivity contribution < 1.29 is 49.6 Å². The third-order valence-corrected chi connectivity index (χ3v) is 1.62. The Morgan fingerprint density at radius 3 is 2.00 bits per heavy atom. The van der Waals surface area contributed by atoms with Crippen LogP contribution in [0, 0.1) is 6.08 Å². The van der Waals surface area contributed by atoms with Gasteiger partial charge in [-0.1, -0.05) is 30.3 Å². The summed E-state index contributed by atoms with van der Waals surface area (Å²) in [6.07, 6.45) is 10.0. The van der Waals surface area contributed by atoms with E-state index in [9.17, 15) is 4.79 Å². The number of hydrogen-bond donors (Lipinski definition) is 0. The van der Waals surface area contributed by atoms with Crippen molar-refractivity contribution >= 4 is 10.7 Å². The first kappa shape index (κ1) is 22.5. The molecule has 1 amide bonds. The number of carbonyl (C=O) groups is 1. The van der Waals surface area contributed by atoms with Crippen molar-refractivity contribution in [3.63, 3.8) is 0 Å². The molecule has 2 nitrogen and oxygen atoms in total. The molecule has 0 spiro atoms. The molecule has 1 N–H and O–H groups in total. The minimum Gasteiger partial charge on any atom is -1.00 e. The molecular formula is C13H13Cl2NOTi-2. The Morgan fingerprint density at radius 1 is 1.22 bits per heavy atom. The summed E-state index contributed by atoms with van der Waals surface area (Å²) in [5.74, 6) is -0.629. The summed E-state index contributed by atoms with van der Waals surface area (Å²) in [4.78, 5) is 13.6. The van der Waals surface area contributed by atoms with E-state index >= 15 is 0 Å². The molecule has 0 radical (unpaired) electrons. The Morgan fingerprint density at radius 2 is 1.78 bits per heavy atom. The van der Waals surface area contributed by atoms with Crippen LogP contribution in [-0.2, 0) is 20.0 Å². The van der Waals surface area contributed by atoms with Crippen molar-refractivity contribution in [3.05, 3.63) is 65.9 Å². The number of amides is 1. The average Bonchev–Trinajstić information content (AvgIpc) is 2.91. The van der Waals surface area contributed by atoms with Gasteiger partial charge in [0.15, 0.2) is 0 Å². The predicted molar refractivity (Wildman–Crippen MR) is 63.8 cm³/mol. The molecule has 0 bridgehead atoms. The van der Waals surface area contributed by atoms with Crippen molar-refractivity contribution in [2.75, 3.05) is 0 Å². The van der Waals surface area contributed by atoms with Crippen LogP contribution in [0.2, 0.25) is 0 Å². The van der Waals surface area contributed by atoms with Crippen molar-refractivity contribution in [1.29, 1.82) is 0 Å². The van der Waals surface area contributed by atoms with Crippen LogP contribution >= 0.6 is 0 Å². The molecule has 0 heterocycles. The fraction of sp³-hybridized carbons (Fsp3) is 0.0769. The molecule has 0 unspecified atom stereocenters. The smallest absolute Gasteiger partial charge is 0.0796 e. The fourth-order valence-electron chi connectivity index (χ4n) is 0.930. The minimum absolute atomic E-state index is 0. The van der Waals surface area contributed by atoms with Crippen LogP contribution in [-0.4, -0.2) is 10.7 Å². The van der Waals surface area contributed by atoms with E-state index in [0.717, 1.165) is 6.42 Å². The third-order valence-electron chi connectivity index (χ3n) is 1.62. The fourth-order valence-corrected chi connectivity index (χ4v) is 0.930. The van der Waals surface area contributed by atoms with E-state index in [1.54, 1.807) is 44.2 Å². The summed E-state index contributed by atoms with van der Waals surface area (Å²) < 4.78 is 0. The van der Waals surface area contributed by atoms with E-state index in [1.165, 1.54) is 0 Å². The topological polar surface area (TPSA) is 40.9 Å². The summed E-state index contributed by atoms with van der Waals surface area (Å²) in [7, 11) is 0. The number of nitrogens with one attached hydrogen (secondary N) is 1. The second-order valence-electron chi connectivity index (χ2n) is 2.70. The molecule has 1 aliphatic carbocycles. The van der Waals surface area contributed by atoms with Crippen molar-refractivity contribution in [2.45, 2.75) is 6.42 Å². The van der Waals surface area contributed by atoms with Crippen molar-refractivity contribution in [1.82, 2.24) is 0 Å². The van der Waals surface area contributed by atoms with Crippen molar-refractivity contribution in [3.8, 4) is 0 Å². The molecule has 1 aromatic rings. The first-order chi connectivity index (χ1) is 7.80. The van der Waals surface area contributed by atoms with E-state index in [1.807, 2.05) is 18.2 Å². The summed E-state index contributed by atoms with van der Waals surface area (Å²) in [6, 6.07) is 8.53. The van der Waals surface area contributed by atoms with Crippen LogP contribution < -0.4 is 24.8 Å². The number of halogens is 2. The Kier molecular flexibility index (Phi) is 20.4. The number of benzene rings is 1. The van der Waals surface area contributed by atoms with Gasteiger partial charge in [0.05, 0.1) is 5.91 Å². The van der Waals surface area contributed by atoms with E-state index in [4.69, 9.17) is 5.73 Å². The maximum Gasteiger partial charge on any atom is 0.0796 e. The van der Waals surface area contributed by atoms with Gasteiger partial charge in [0.2, 0.25) is 0 Å². The second kappa shape index (κ2) is 16.3. The van der Waals surface area contributed by atoms with Gasteiger partial charge in [0.1, 0.15) is 0 Å². The molecule has 1 aromatic carbocycles. The average molecular weight is 318 g/mol. The van der Waals surface area contributed by atoms with Crippen LogP contribution in [0.1, 0.15) is 16.8 Å². The quantitative estimate of drug-likeness (QED) is 0.406. The zero-order valence-corrected chi connectivity index (χ0v) is 12.8. The number of allylic oxidation sites excluding steroid dienone is 4. The largest absolute Gasteiger partial charge is 1.00 e. The molecule has 0 saturated carbocycles. The predicted octanol–water partition coefficient (Wildman–Crippen LogP) is -2.84. The number of carbonyl (C=O) groups excluding carboxylic acids is 1. The number of rotatable bonds is 1. The van der Waals surface area contributed by atoms with Gasteiger partial charge < -0.3 is 35.3 Å². The SMILES string of the molecule is [C-]1=CC=CC1.[CH2]=[Ti+2].[Cl-].[Cl-].[NH-]C(=O)c1ccccc1. The second-order valence-corrected chi connectivity index (χ2v) is 2.70. The zero-order valence-electron chi connectivity index (χ0n) is 9.70. The molecule has 5 heteroatoms. The van der Waals surface area contributed by atoms with E-state index < -0.39 is 5.91 Å². The van der Waals surface area contributed by atoms with E-state index in [2.05, 4.69) is 17.0 Å². The monoisotopic (exact) mass is 317 g/mol. The Labute approximate surface area is 132 Å². The summed E-state index contributed by atoms with van der Waals surface area (Å²) >= 11 is 1.75. The van der Waals surface area contributed by atoms with Crippen LogP contribution in [0.5, 0.6) is 0 Å². The van der Waals surface area contributed by atoms with Crippen LogP contribution in [0.25, 0.3) is 5.73 Å². The van der Waals surface area contributed by atoms with Crippen molar-refractivity contribution in [2.24, 2.45) is 0 Å². The van der Waals surface area contributed by atoms with E-state index in [0.29, 0.717) is 5.56 Å². The van der Waals surface area contributed by atoms with Gasteiger partial charge in [-0.05, 0) is 5.56 Å². The maximum absolute atomic E-state index is 10.3. The van der Waals surface area contributed by atoms with E-state index in [-0.39, 0.29) is 24.8 Å². The Bertz CT molecular complexity index is 357. The first-order valence-electron chi connectivity index (χ1n) is 4.69. The summed E-state index contributed by atoms with van der Waals surface area (Å²) in [5.41, 5.74) is 7.12. The van der Waals surface area contributed by atoms with Gasteiger partial charge in [-0.2, -0.15) is 6.08 Å². The normalized spacial score (nSPS) is 9.67. The molecule has 2 rings (SSSR count). The molecular weight excluding hydrogens is 305 g/mol. The Hall–Kier alpha value is -0.666. The van der Waals surface area contributed by atoms with Gasteiger partial charge >= 0.3 is 24.8 Å². The van der Waals surface area contributed by atoms with Crippen LogP contribution in [0.15, 0.2) is 48.6 Å². The molecule has 18 heavy (non-hydrogen) atoms. The number of hydrogen-bond acceptors (Lipinski definition) is 1. The standard InChI is InChI=1S/C7H7NO.C5H5.CH2.2ClH.Ti/c8-7(9)6-4-2-1-3-5-6;1-2-4-5-3-1;;;;/h1-5H,(H2,8,9);1-3H,4H2;1H2;2*1H;/q;-1;;;;+2/p-3. The Balaban J connectivity index is -0.000000217. The minimum atomic E-state index is -0.629. The summed E-state index contributed by atoms with van der Waals surface area (Å²) in [5, 5.41) is 0. The molecule has 1 aliphatic rings. The molecule has 0 fully saturated rings. The van der Waals surface area contributed by atoms with Gasteiger partial charge in [-0.25, -0.2) is 12.2 Å². The van der Waals surface area contributed by atoms with Gasteiger partial charge in [0, 0.05) is 0 Å². The molecule has 0 atom stereocenters. The van der Waals surface area contributed by atoms with Crippen LogP contribution in [0.3, 0.4) is 0 Å². The zero-order chi connectivity index (χ0) is 12.2. The first-order valence-corrected chi connectivity index (χ1v) is 5.79. The molecule has 96 valence electrons.